The maximum atomic E-state index is 6.59. The minimum absolute atomic E-state index is 0.989. The van der Waals surface area contributed by atoms with Crippen LogP contribution < -0.4 is 15.9 Å². The van der Waals surface area contributed by atoms with E-state index in [0.717, 1.165) is 5.69 Å². The second-order valence-electron chi connectivity index (χ2n) is 9.88. The van der Waals surface area contributed by atoms with E-state index in [1.807, 2.05) is 12.3 Å². The molecule has 0 saturated heterocycles. The smallest absolute Gasteiger partial charge is 0.0714 e. The first-order valence-electron chi connectivity index (χ1n) is 13.4. The molecule has 0 radical (unpaired) electrons. The van der Waals surface area contributed by atoms with Gasteiger partial charge in [-0.05, 0) is 60.7 Å². The SMILES string of the molecule is S=P(c1ccccc1)(c1ccccc1)c1ccc(-c2c3ccccc3c(-c3ccccn3)c3ccccc23)cc1. The molecule has 1 aromatic heterocycles. The van der Waals surface area contributed by atoms with Gasteiger partial charge in [0.05, 0.1) is 5.69 Å². The van der Waals surface area contributed by atoms with E-state index in [-0.39, 0.29) is 0 Å². The molecule has 0 saturated carbocycles. The third-order valence-corrected chi connectivity index (χ3v) is 12.6. The first-order chi connectivity index (χ1) is 19.7. The third-order valence-electron chi connectivity index (χ3n) is 7.61. The van der Waals surface area contributed by atoms with Crippen molar-refractivity contribution in [2.45, 2.75) is 0 Å². The topological polar surface area (TPSA) is 12.9 Å². The van der Waals surface area contributed by atoms with Crippen LogP contribution in [-0.4, -0.2) is 4.98 Å². The van der Waals surface area contributed by atoms with E-state index >= 15 is 0 Å². The fourth-order valence-electron chi connectivity index (χ4n) is 5.79. The average Bonchev–Trinajstić information content (AvgIpc) is 3.04. The van der Waals surface area contributed by atoms with Crippen molar-refractivity contribution in [1.29, 1.82) is 0 Å². The van der Waals surface area contributed by atoms with Crippen molar-refractivity contribution in [1.82, 2.24) is 4.98 Å². The van der Waals surface area contributed by atoms with Crippen LogP contribution in [-0.2, 0) is 11.8 Å². The maximum Gasteiger partial charge on any atom is 0.0714 e. The van der Waals surface area contributed by atoms with Crippen molar-refractivity contribution in [3.05, 3.63) is 158 Å². The highest BCUT2D eigenvalue weighted by molar-refractivity contribution is 8.25. The zero-order chi connectivity index (χ0) is 26.9. The minimum Gasteiger partial charge on any atom is -0.256 e. The number of fused-ring (bicyclic) bond motifs is 2. The van der Waals surface area contributed by atoms with Gasteiger partial charge in [-0.15, -0.1) is 0 Å². The van der Waals surface area contributed by atoms with Gasteiger partial charge < -0.3 is 0 Å². The Kier molecular flexibility index (Phi) is 6.36. The number of benzene rings is 6. The van der Waals surface area contributed by atoms with Gasteiger partial charge in [0.1, 0.15) is 0 Å². The van der Waals surface area contributed by atoms with Gasteiger partial charge >= 0.3 is 0 Å². The Morgan fingerprint density at radius 2 is 0.825 bits per heavy atom. The summed E-state index contributed by atoms with van der Waals surface area (Å²) in [7, 11) is 0. The van der Waals surface area contributed by atoms with Gasteiger partial charge in [0.2, 0.25) is 0 Å². The summed E-state index contributed by atoms with van der Waals surface area (Å²) in [6, 6.07) is 51.5. The lowest BCUT2D eigenvalue weighted by atomic mass is 9.87. The van der Waals surface area contributed by atoms with Crippen LogP contribution in [0.5, 0.6) is 0 Å². The van der Waals surface area contributed by atoms with Crippen molar-refractivity contribution in [3.63, 3.8) is 0 Å². The molecule has 0 atom stereocenters. The number of aromatic nitrogens is 1. The molecule has 0 fully saturated rings. The second kappa shape index (κ2) is 10.3. The molecule has 0 spiro atoms. The normalized spacial score (nSPS) is 11.6. The number of hydrogen-bond acceptors (Lipinski definition) is 2. The molecule has 0 aliphatic heterocycles. The van der Waals surface area contributed by atoms with Crippen LogP contribution >= 0.6 is 6.04 Å². The standard InChI is InChI=1S/C37H26NPS/c40-39(28-13-3-1-4-14-28,29-15-5-2-6-16-29)30-24-22-27(23-25-30)36-31-17-7-9-19-33(31)37(35-21-11-12-26-38-35)34-20-10-8-18-32(34)36/h1-26H. The molecule has 0 aliphatic carbocycles. The Hall–Kier alpha value is -4.36. The fourth-order valence-corrected chi connectivity index (χ4v) is 9.53. The van der Waals surface area contributed by atoms with Crippen LogP contribution in [0.2, 0.25) is 0 Å². The number of hydrogen-bond donors (Lipinski definition) is 0. The fraction of sp³-hybridized carbons (Fsp3) is 0. The van der Waals surface area contributed by atoms with Gasteiger partial charge in [-0.25, -0.2) is 0 Å². The molecule has 0 amide bonds. The van der Waals surface area contributed by atoms with Crippen molar-refractivity contribution in [3.8, 4) is 22.4 Å². The van der Waals surface area contributed by atoms with Gasteiger partial charge in [-0.2, -0.15) is 0 Å². The Balaban J connectivity index is 1.46. The first kappa shape index (κ1) is 24.7. The molecule has 0 aliphatic rings. The van der Waals surface area contributed by atoms with E-state index in [1.165, 1.54) is 54.1 Å². The summed E-state index contributed by atoms with van der Waals surface area (Å²) < 4.78 is 0. The van der Waals surface area contributed by atoms with Crippen LogP contribution in [0.25, 0.3) is 43.9 Å². The van der Waals surface area contributed by atoms with Gasteiger partial charge in [0.25, 0.3) is 0 Å². The van der Waals surface area contributed by atoms with E-state index in [2.05, 4.69) is 146 Å². The van der Waals surface area contributed by atoms with E-state index in [0.29, 0.717) is 0 Å². The van der Waals surface area contributed by atoms with Crippen molar-refractivity contribution in [2.24, 2.45) is 0 Å². The van der Waals surface area contributed by atoms with Crippen molar-refractivity contribution in [2.75, 3.05) is 0 Å². The monoisotopic (exact) mass is 547 g/mol. The summed E-state index contributed by atoms with van der Waals surface area (Å²) in [5, 5.41) is 8.47. The summed E-state index contributed by atoms with van der Waals surface area (Å²) in [5.41, 5.74) is 4.59. The highest BCUT2D eigenvalue weighted by Gasteiger charge is 2.25. The van der Waals surface area contributed by atoms with Crippen molar-refractivity contribution >= 4 is 55.3 Å². The summed E-state index contributed by atoms with van der Waals surface area (Å²) in [6.07, 6.45) is 1.87. The summed E-state index contributed by atoms with van der Waals surface area (Å²) in [4.78, 5) is 4.74. The molecule has 0 unspecified atom stereocenters. The summed E-state index contributed by atoms with van der Waals surface area (Å²) in [6.45, 7) is 0. The number of nitrogens with zero attached hydrogens (tertiary/aromatic N) is 1. The molecule has 3 heteroatoms. The second-order valence-corrected chi connectivity index (χ2v) is 14.3. The molecule has 0 N–H and O–H groups in total. The van der Waals surface area contributed by atoms with Crippen LogP contribution in [0.1, 0.15) is 0 Å². The largest absolute Gasteiger partial charge is 0.256 e. The highest BCUT2D eigenvalue weighted by atomic mass is 32.4. The molecule has 7 aromatic rings. The summed E-state index contributed by atoms with van der Waals surface area (Å²) in [5.74, 6) is 0. The molecule has 0 bridgehead atoms. The lowest BCUT2D eigenvalue weighted by Crippen LogP contribution is -2.24. The Morgan fingerprint density at radius 3 is 1.30 bits per heavy atom. The van der Waals surface area contributed by atoms with Crippen LogP contribution in [0.4, 0.5) is 0 Å². The zero-order valence-electron chi connectivity index (χ0n) is 21.8. The molecular weight excluding hydrogens is 521 g/mol. The Morgan fingerprint density at radius 1 is 0.400 bits per heavy atom. The molecule has 40 heavy (non-hydrogen) atoms. The van der Waals surface area contributed by atoms with Gasteiger partial charge in [0.15, 0.2) is 0 Å². The number of pyridine rings is 1. The third kappa shape index (κ3) is 4.09. The van der Waals surface area contributed by atoms with E-state index < -0.39 is 6.04 Å². The van der Waals surface area contributed by atoms with Crippen LogP contribution in [0.15, 0.2) is 158 Å². The maximum absolute atomic E-state index is 6.59. The quantitative estimate of drug-likeness (QED) is 0.158. The van der Waals surface area contributed by atoms with Gasteiger partial charge in [0, 0.05) is 17.8 Å². The first-order valence-corrected chi connectivity index (χ1v) is 16.2. The number of rotatable bonds is 5. The molecule has 1 nitrogen and oxygen atoms in total. The average molecular weight is 548 g/mol. The van der Waals surface area contributed by atoms with Crippen LogP contribution in [0.3, 0.4) is 0 Å². The Bertz CT molecular complexity index is 1900. The molecule has 190 valence electrons. The summed E-state index contributed by atoms with van der Waals surface area (Å²) >= 11 is 6.59. The predicted molar refractivity (Wildman–Crippen MR) is 176 cm³/mol. The molecule has 1 heterocycles. The minimum atomic E-state index is -2.21. The predicted octanol–water partition coefficient (Wildman–Crippen LogP) is 8.48. The molecular formula is C37H26NPS. The molecule has 7 rings (SSSR count). The lowest BCUT2D eigenvalue weighted by Gasteiger charge is -2.24. The van der Waals surface area contributed by atoms with E-state index in [9.17, 15) is 0 Å². The van der Waals surface area contributed by atoms with Gasteiger partial charge in [-0.3, -0.25) is 4.98 Å². The zero-order valence-corrected chi connectivity index (χ0v) is 23.5. The lowest BCUT2D eigenvalue weighted by molar-refractivity contribution is 1.34. The van der Waals surface area contributed by atoms with E-state index in [4.69, 9.17) is 16.8 Å². The van der Waals surface area contributed by atoms with E-state index in [1.54, 1.807) is 0 Å². The Labute approximate surface area is 239 Å². The van der Waals surface area contributed by atoms with Crippen molar-refractivity contribution < 1.29 is 0 Å². The molecule has 6 aromatic carbocycles. The van der Waals surface area contributed by atoms with Crippen LogP contribution in [0, 0.1) is 0 Å². The van der Waals surface area contributed by atoms with Gasteiger partial charge in [-0.1, -0.05) is 151 Å². The highest BCUT2D eigenvalue weighted by Crippen LogP contribution is 2.45.